The summed E-state index contributed by atoms with van der Waals surface area (Å²) in [5, 5.41) is 3.20. The first-order valence-electron chi connectivity index (χ1n) is 6.98. The highest BCUT2D eigenvalue weighted by molar-refractivity contribution is 6.30. The van der Waals surface area contributed by atoms with Crippen LogP contribution in [0.3, 0.4) is 0 Å². The molecule has 21 heavy (non-hydrogen) atoms. The van der Waals surface area contributed by atoms with Crippen molar-refractivity contribution >= 4 is 29.3 Å². The van der Waals surface area contributed by atoms with E-state index in [1.807, 2.05) is 0 Å². The minimum Gasteiger partial charge on any atom is -0.319 e. The Morgan fingerprint density at radius 3 is 2.62 bits per heavy atom. The van der Waals surface area contributed by atoms with E-state index in [-0.39, 0.29) is 5.91 Å². The van der Waals surface area contributed by atoms with Crippen molar-refractivity contribution in [3.8, 4) is 0 Å². The van der Waals surface area contributed by atoms with Crippen LogP contribution < -0.4 is 11.1 Å². The zero-order chi connectivity index (χ0) is 15.0. The average Bonchev–Trinajstić information content (AvgIpc) is 2.86. The number of hydrogen-bond donors (Lipinski definition) is 2. The lowest BCUT2D eigenvalue weighted by Crippen LogP contribution is -2.57. The SMILES string of the molecule is NC1(C2=NC(=O)C(c3cccc(Cl)c3)C(=O)N2)CCCC1. The summed E-state index contributed by atoms with van der Waals surface area (Å²) in [4.78, 5) is 28.6. The minimum atomic E-state index is -0.947. The number of aliphatic imine (C=N–C) groups is 1. The predicted octanol–water partition coefficient (Wildman–Crippen LogP) is 1.75. The number of benzene rings is 1. The highest BCUT2D eigenvalue weighted by Crippen LogP contribution is 2.31. The Morgan fingerprint density at radius 1 is 1.29 bits per heavy atom. The summed E-state index contributed by atoms with van der Waals surface area (Å²) in [5.41, 5.74) is 6.12. The Kier molecular flexibility index (Phi) is 3.55. The van der Waals surface area contributed by atoms with Crippen molar-refractivity contribution in [1.29, 1.82) is 0 Å². The number of rotatable bonds is 2. The van der Waals surface area contributed by atoms with Gasteiger partial charge < -0.3 is 11.1 Å². The summed E-state index contributed by atoms with van der Waals surface area (Å²) < 4.78 is 0. The van der Waals surface area contributed by atoms with Gasteiger partial charge in [0.15, 0.2) is 0 Å². The molecule has 1 saturated carbocycles. The normalized spacial score (nSPS) is 24.7. The van der Waals surface area contributed by atoms with Crippen LogP contribution in [0.4, 0.5) is 0 Å². The van der Waals surface area contributed by atoms with Crippen LogP contribution in [0.25, 0.3) is 0 Å². The molecule has 0 saturated heterocycles. The van der Waals surface area contributed by atoms with Crippen molar-refractivity contribution in [1.82, 2.24) is 5.32 Å². The van der Waals surface area contributed by atoms with Crippen molar-refractivity contribution in [3.05, 3.63) is 34.9 Å². The zero-order valence-electron chi connectivity index (χ0n) is 11.4. The smallest absolute Gasteiger partial charge is 0.264 e. The Hall–Kier alpha value is -1.72. The van der Waals surface area contributed by atoms with E-state index >= 15 is 0 Å². The van der Waals surface area contributed by atoms with Crippen LogP contribution in [-0.4, -0.2) is 23.2 Å². The highest BCUT2D eigenvalue weighted by atomic mass is 35.5. The molecular weight excluding hydrogens is 290 g/mol. The van der Waals surface area contributed by atoms with Gasteiger partial charge in [-0.15, -0.1) is 0 Å². The van der Waals surface area contributed by atoms with Crippen LogP contribution in [0.5, 0.6) is 0 Å². The molecule has 0 radical (unpaired) electrons. The lowest BCUT2D eigenvalue weighted by Gasteiger charge is -2.30. The number of nitrogens with zero attached hydrogens (tertiary/aromatic N) is 1. The van der Waals surface area contributed by atoms with Crippen LogP contribution in [0.2, 0.25) is 5.02 Å². The number of carbonyl (C=O) groups excluding carboxylic acids is 2. The van der Waals surface area contributed by atoms with Crippen LogP contribution in [-0.2, 0) is 9.59 Å². The van der Waals surface area contributed by atoms with Crippen molar-refractivity contribution in [2.24, 2.45) is 10.7 Å². The van der Waals surface area contributed by atoms with Gasteiger partial charge in [0.25, 0.3) is 5.91 Å². The molecule has 2 amide bonds. The summed E-state index contributed by atoms with van der Waals surface area (Å²) in [7, 11) is 0. The molecule has 1 unspecified atom stereocenters. The second-order valence-electron chi connectivity index (χ2n) is 5.64. The molecule has 2 aliphatic rings. The third-order valence-corrected chi connectivity index (χ3v) is 4.36. The van der Waals surface area contributed by atoms with Gasteiger partial charge in [-0.25, -0.2) is 0 Å². The second-order valence-corrected chi connectivity index (χ2v) is 6.08. The van der Waals surface area contributed by atoms with Gasteiger partial charge in [-0.3, -0.25) is 9.59 Å². The summed E-state index contributed by atoms with van der Waals surface area (Å²) in [5.74, 6) is -1.50. The molecule has 1 aliphatic heterocycles. The lowest BCUT2D eigenvalue weighted by molar-refractivity contribution is -0.130. The van der Waals surface area contributed by atoms with Gasteiger partial charge in [-0.1, -0.05) is 36.6 Å². The highest BCUT2D eigenvalue weighted by Gasteiger charge is 2.42. The van der Waals surface area contributed by atoms with E-state index in [4.69, 9.17) is 17.3 Å². The third kappa shape index (κ3) is 2.59. The fourth-order valence-corrected chi connectivity index (χ4v) is 3.16. The molecule has 0 aromatic heterocycles. The van der Waals surface area contributed by atoms with E-state index in [9.17, 15) is 9.59 Å². The molecule has 1 aromatic carbocycles. The number of amides is 2. The van der Waals surface area contributed by atoms with Gasteiger partial charge in [0.1, 0.15) is 11.8 Å². The first-order valence-corrected chi connectivity index (χ1v) is 7.36. The van der Waals surface area contributed by atoms with Gasteiger partial charge in [-0.05, 0) is 30.5 Å². The van der Waals surface area contributed by atoms with Crippen LogP contribution in [0, 0.1) is 0 Å². The topological polar surface area (TPSA) is 84.5 Å². The van der Waals surface area contributed by atoms with Crippen LogP contribution >= 0.6 is 11.6 Å². The first kappa shape index (κ1) is 14.2. The molecule has 5 nitrogen and oxygen atoms in total. The number of nitrogens with two attached hydrogens (primary N) is 1. The molecule has 1 aliphatic carbocycles. The summed E-state index contributed by atoms with van der Waals surface area (Å²) in [6, 6.07) is 6.71. The molecule has 1 fully saturated rings. The molecule has 1 atom stereocenters. The number of halogens is 1. The van der Waals surface area contributed by atoms with Gasteiger partial charge in [0.05, 0.1) is 5.54 Å². The van der Waals surface area contributed by atoms with E-state index in [1.165, 1.54) is 0 Å². The van der Waals surface area contributed by atoms with E-state index in [0.717, 1.165) is 25.7 Å². The average molecular weight is 306 g/mol. The van der Waals surface area contributed by atoms with Crippen molar-refractivity contribution in [2.75, 3.05) is 0 Å². The molecule has 1 heterocycles. The fraction of sp³-hybridized carbons (Fsp3) is 0.400. The van der Waals surface area contributed by atoms with Crippen LogP contribution in [0.1, 0.15) is 37.2 Å². The Balaban J connectivity index is 1.92. The maximum atomic E-state index is 12.3. The number of nitrogens with one attached hydrogen (secondary N) is 1. The Bertz CT molecular complexity index is 636. The summed E-state index contributed by atoms with van der Waals surface area (Å²) in [6.45, 7) is 0. The van der Waals surface area contributed by atoms with Gasteiger partial charge in [0.2, 0.25) is 5.91 Å². The number of hydrogen-bond acceptors (Lipinski definition) is 3. The maximum absolute atomic E-state index is 12.3. The molecule has 3 rings (SSSR count). The van der Waals surface area contributed by atoms with E-state index in [0.29, 0.717) is 16.4 Å². The quantitative estimate of drug-likeness (QED) is 0.816. The van der Waals surface area contributed by atoms with Gasteiger partial charge in [0, 0.05) is 5.02 Å². The first-order chi connectivity index (χ1) is 9.99. The standard InChI is InChI=1S/C15H16ClN3O2/c16-10-5-3-4-9(8-10)11-12(20)18-14(19-13(11)21)15(17)6-1-2-7-15/h3-5,8,11H,1-2,6-7,17H2,(H,18,19,20,21). The van der Waals surface area contributed by atoms with Crippen LogP contribution in [0.15, 0.2) is 29.3 Å². The molecule has 6 heteroatoms. The van der Waals surface area contributed by atoms with E-state index < -0.39 is 17.4 Å². The Labute approximate surface area is 127 Å². The number of carbonyl (C=O) groups is 2. The van der Waals surface area contributed by atoms with Gasteiger partial charge in [-0.2, -0.15) is 4.99 Å². The molecular formula is C15H16ClN3O2. The monoisotopic (exact) mass is 305 g/mol. The Morgan fingerprint density at radius 2 is 2.00 bits per heavy atom. The summed E-state index contributed by atoms with van der Waals surface area (Å²) in [6.07, 6.45) is 3.44. The molecule has 3 N–H and O–H groups in total. The van der Waals surface area contributed by atoms with E-state index in [1.54, 1.807) is 24.3 Å². The largest absolute Gasteiger partial charge is 0.319 e. The fourth-order valence-electron chi connectivity index (χ4n) is 2.96. The van der Waals surface area contributed by atoms with Gasteiger partial charge >= 0.3 is 0 Å². The zero-order valence-corrected chi connectivity index (χ0v) is 12.2. The number of amidine groups is 1. The lowest BCUT2D eigenvalue weighted by atomic mass is 9.92. The minimum absolute atomic E-state index is 0.313. The molecule has 110 valence electrons. The summed E-state index contributed by atoms with van der Waals surface area (Å²) >= 11 is 5.92. The maximum Gasteiger partial charge on any atom is 0.264 e. The van der Waals surface area contributed by atoms with Crippen molar-refractivity contribution in [2.45, 2.75) is 37.1 Å². The van der Waals surface area contributed by atoms with Crippen molar-refractivity contribution < 1.29 is 9.59 Å². The second kappa shape index (κ2) is 5.24. The third-order valence-electron chi connectivity index (χ3n) is 4.12. The predicted molar refractivity (Wildman–Crippen MR) is 80.2 cm³/mol. The van der Waals surface area contributed by atoms with E-state index in [2.05, 4.69) is 10.3 Å². The molecule has 0 spiro atoms. The molecule has 1 aromatic rings. The van der Waals surface area contributed by atoms with Crippen molar-refractivity contribution in [3.63, 3.8) is 0 Å². The molecule has 0 bridgehead atoms.